The maximum absolute atomic E-state index is 6.16. The first-order valence-electron chi connectivity index (χ1n) is 7.17. The molecule has 112 valence electrons. The van der Waals surface area contributed by atoms with Crippen molar-refractivity contribution < 1.29 is 0 Å². The van der Waals surface area contributed by atoms with E-state index in [1.807, 2.05) is 38.1 Å². The average molecular weight is 305 g/mol. The average Bonchev–Trinajstić information content (AvgIpc) is 2.44. The smallest absolute Gasteiger partial charge is 0.227 e. The molecule has 1 N–H and O–H groups in total. The third-order valence-corrected chi connectivity index (χ3v) is 3.74. The zero-order valence-corrected chi connectivity index (χ0v) is 13.7. The summed E-state index contributed by atoms with van der Waals surface area (Å²) in [6, 6.07) is 7.83. The van der Waals surface area contributed by atoms with Crippen LogP contribution in [-0.4, -0.2) is 23.1 Å². The summed E-state index contributed by atoms with van der Waals surface area (Å²) in [7, 11) is 0. The number of aromatic nitrogens is 2. The third-order valence-electron chi connectivity index (χ3n) is 3.33. The number of aryl methyl sites for hydroxylation is 2. The molecule has 0 unspecified atom stereocenters. The molecule has 0 aliphatic heterocycles. The van der Waals surface area contributed by atoms with E-state index >= 15 is 0 Å². The molecule has 0 amide bonds. The second-order valence-corrected chi connectivity index (χ2v) is 5.36. The van der Waals surface area contributed by atoms with Crippen molar-refractivity contribution in [3.05, 3.63) is 40.5 Å². The van der Waals surface area contributed by atoms with Gasteiger partial charge in [0.15, 0.2) is 0 Å². The molecule has 0 spiro atoms. The Morgan fingerprint density at radius 3 is 2.43 bits per heavy atom. The van der Waals surface area contributed by atoms with E-state index in [0.29, 0.717) is 0 Å². The van der Waals surface area contributed by atoms with E-state index in [0.717, 1.165) is 46.8 Å². The highest BCUT2D eigenvalue weighted by Crippen LogP contribution is 2.23. The van der Waals surface area contributed by atoms with Gasteiger partial charge in [-0.3, -0.25) is 0 Å². The summed E-state index contributed by atoms with van der Waals surface area (Å²) in [5.74, 6) is 1.53. The lowest BCUT2D eigenvalue weighted by atomic mass is 10.2. The molecule has 1 aromatic heterocycles. The fourth-order valence-electron chi connectivity index (χ4n) is 2.08. The van der Waals surface area contributed by atoms with Crippen LogP contribution in [-0.2, 0) is 0 Å². The molecule has 2 aromatic rings. The zero-order valence-electron chi connectivity index (χ0n) is 12.9. The largest absolute Gasteiger partial charge is 0.341 e. The molecule has 5 heteroatoms. The Kier molecular flexibility index (Phi) is 5.02. The second kappa shape index (κ2) is 6.76. The van der Waals surface area contributed by atoms with Gasteiger partial charge in [-0.2, -0.15) is 4.98 Å². The molecule has 0 saturated heterocycles. The van der Waals surface area contributed by atoms with E-state index in [1.54, 1.807) is 0 Å². The molecular formula is C16H21ClN4. The Labute approximate surface area is 131 Å². The van der Waals surface area contributed by atoms with Gasteiger partial charge in [0, 0.05) is 35.6 Å². The summed E-state index contributed by atoms with van der Waals surface area (Å²) >= 11 is 6.16. The number of hydrogen-bond donors (Lipinski definition) is 1. The van der Waals surface area contributed by atoms with Crippen molar-refractivity contribution in [2.75, 3.05) is 23.3 Å². The minimum Gasteiger partial charge on any atom is -0.341 e. The summed E-state index contributed by atoms with van der Waals surface area (Å²) < 4.78 is 0. The maximum atomic E-state index is 6.16. The van der Waals surface area contributed by atoms with Gasteiger partial charge in [0.05, 0.1) is 0 Å². The van der Waals surface area contributed by atoms with Crippen LogP contribution in [0.2, 0.25) is 5.02 Å². The molecule has 0 fully saturated rings. The number of benzene rings is 1. The van der Waals surface area contributed by atoms with Crippen LogP contribution < -0.4 is 10.2 Å². The molecule has 0 aliphatic carbocycles. The standard InChI is InChI=1S/C16H21ClN4/c1-5-21(6-2)16-18-12(4)9-15(20-16)19-13-8-7-11(3)14(17)10-13/h7-10H,5-6H2,1-4H3,(H,18,19,20). The van der Waals surface area contributed by atoms with Gasteiger partial charge in [-0.05, 0) is 45.4 Å². The first-order chi connectivity index (χ1) is 10.0. The Bertz CT molecular complexity index is 624. The van der Waals surface area contributed by atoms with E-state index in [9.17, 15) is 0 Å². The van der Waals surface area contributed by atoms with Crippen LogP contribution in [0, 0.1) is 13.8 Å². The van der Waals surface area contributed by atoms with Crippen LogP contribution in [0.3, 0.4) is 0 Å². The summed E-state index contributed by atoms with van der Waals surface area (Å²) in [5, 5.41) is 4.04. The minimum absolute atomic E-state index is 0.745. The molecule has 1 heterocycles. The predicted molar refractivity (Wildman–Crippen MR) is 89.8 cm³/mol. The SMILES string of the molecule is CCN(CC)c1nc(C)cc(Nc2ccc(C)c(Cl)c2)n1. The molecular weight excluding hydrogens is 284 g/mol. The minimum atomic E-state index is 0.745. The molecule has 4 nitrogen and oxygen atoms in total. The van der Waals surface area contributed by atoms with Crippen molar-refractivity contribution in [2.45, 2.75) is 27.7 Å². The van der Waals surface area contributed by atoms with Crippen LogP contribution in [0.25, 0.3) is 0 Å². The van der Waals surface area contributed by atoms with Gasteiger partial charge in [0.25, 0.3) is 0 Å². The number of anilines is 3. The molecule has 1 aromatic carbocycles. The number of nitrogens with zero attached hydrogens (tertiary/aromatic N) is 3. The van der Waals surface area contributed by atoms with Crippen LogP contribution >= 0.6 is 11.6 Å². The van der Waals surface area contributed by atoms with Crippen LogP contribution in [0.1, 0.15) is 25.1 Å². The van der Waals surface area contributed by atoms with Crippen molar-refractivity contribution >= 4 is 29.1 Å². The summed E-state index contributed by atoms with van der Waals surface area (Å²) in [6.07, 6.45) is 0. The molecule has 0 atom stereocenters. The lowest BCUT2D eigenvalue weighted by molar-refractivity contribution is 0.817. The van der Waals surface area contributed by atoms with Gasteiger partial charge in [-0.15, -0.1) is 0 Å². The first-order valence-corrected chi connectivity index (χ1v) is 7.55. The van der Waals surface area contributed by atoms with Crippen molar-refractivity contribution in [3.8, 4) is 0 Å². The van der Waals surface area contributed by atoms with E-state index < -0.39 is 0 Å². The zero-order chi connectivity index (χ0) is 15.4. The van der Waals surface area contributed by atoms with Gasteiger partial charge in [-0.1, -0.05) is 17.7 Å². The van der Waals surface area contributed by atoms with Gasteiger partial charge in [0.2, 0.25) is 5.95 Å². The van der Waals surface area contributed by atoms with Crippen LogP contribution in [0.5, 0.6) is 0 Å². The first kappa shape index (κ1) is 15.6. The number of hydrogen-bond acceptors (Lipinski definition) is 4. The number of halogens is 1. The maximum Gasteiger partial charge on any atom is 0.227 e. The second-order valence-electron chi connectivity index (χ2n) is 4.96. The van der Waals surface area contributed by atoms with Crippen molar-refractivity contribution in [3.63, 3.8) is 0 Å². The fraction of sp³-hybridized carbons (Fsp3) is 0.375. The third kappa shape index (κ3) is 3.85. The molecule has 0 bridgehead atoms. The summed E-state index contributed by atoms with van der Waals surface area (Å²) in [6.45, 7) is 9.93. The quantitative estimate of drug-likeness (QED) is 0.892. The Morgan fingerprint density at radius 1 is 1.10 bits per heavy atom. The van der Waals surface area contributed by atoms with Crippen LogP contribution in [0.4, 0.5) is 17.5 Å². The predicted octanol–water partition coefficient (Wildman–Crippen LogP) is 4.34. The van der Waals surface area contributed by atoms with E-state index in [1.165, 1.54) is 0 Å². The van der Waals surface area contributed by atoms with Gasteiger partial charge < -0.3 is 10.2 Å². The van der Waals surface area contributed by atoms with Gasteiger partial charge in [0.1, 0.15) is 5.82 Å². The Morgan fingerprint density at radius 2 is 1.81 bits per heavy atom. The van der Waals surface area contributed by atoms with E-state index in [-0.39, 0.29) is 0 Å². The van der Waals surface area contributed by atoms with Gasteiger partial charge >= 0.3 is 0 Å². The molecule has 0 aliphatic rings. The molecule has 21 heavy (non-hydrogen) atoms. The lowest BCUT2D eigenvalue weighted by Gasteiger charge is -2.19. The normalized spacial score (nSPS) is 10.5. The van der Waals surface area contributed by atoms with Crippen molar-refractivity contribution in [1.82, 2.24) is 9.97 Å². The topological polar surface area (TPSA) is 41.1 Å². The monoisotopic (exact) mass is 304 g/mol. The Balaban J connectivity index is 2.29. The van der Waals surface area contributed by atoms with Crippen molar-refractivity contribution in [2.24, 2.45) is 0 Å². The molecule has 2 rings (SSSR count). The number of rotatable bonds is 5. The summed E-state index contributed by atoms with van der Waals surface area (Å²) in [5.41, 5.74) is 2.92. The van der Waals surface area contributed by atoms with Crippen LogP contribution in [0.15, 0.2) is 24.3 Å². The molecule has 0 radical (unpaired) electrons. The highest BCUT2D eigenvalue weighted by atomic mass is 35.5. The summed E-state index contributed by atoms with van der Waals surface area (Å²) in [4.78, 5) is 11.2. The highest BCUT2D eigenvalue weighted by Gasteiger charge is 2.08. The number of nitrogens with one attached hydrogen (secondary N) is 1. The molecule has 0 saturated carbocycles. The fourth-order valence-corrected chi connectivity index (χ4v) is 2.26. The lowest BCUT2D eigenvalue weighted by Crippen LogP contribution is -2.24. The van der Waals surface area contributed by atoms with Gasteiger partial charge in [-0.25, -0.2) is 4.98 Å². The van der Waals surface area contributed by atoms with E-state index in [2.05, 4.69) is 34.0 Å². The highest BCUT2D eigenvalue weighted by molar-refractivity contribution is 6.31. The van der Waals surface area contributed by atoms with E-state index in [4.69, 9.17) is 11.6 Å². The van der Waals surface area contributed by atoms with Crippen molar-refractivity contribution in [1.29, 1.82) is 0 Å². The Hall–Kier alpha value is -1.81.